The fraction of sp³-hybridized carbons (Fsp3) is 0.889. The van der Waals surface area contributed by atoms with E-state index in [0.29, 0.717) is 6.92 Å². The van der Waals surface area contributed by atoms with Crippen LogP contribution in [0.2, 0.25) is 0 Å². The molecule has 0 N–H and O–H groups in total. The molecule has 0 aromatic heterocycles. The fourth-order valence-electron chi connectivity index (χ4n) is 1.10. The highest BCUT2D eigenvalue weighted by Gasteiger charge is 2.50. The summed E-state index contributed by atoms with van der Waals surface area (Å²) in [7, 11) is 0. The molecule has 0 heterocycles. The van der Waals surface area contributed by atoms with E-state index in [-0.39, 0.29) is 0 Å². The summed E-state index contributed by atoms with van der Waals surface area (Å²) in [5.41, 5.74) is 0. The SMILES string of the molecule is CC(C)C(C(=O)OC(C)C(F)(F)F)C(F)(F)F. The number of halogens is 6. The zero-order chi connectivity index (χ0) is 14.0. The van der Waals surface area contributed by atoms with Gasteiger partial charge in [0.1, 0.15) is 0 Å². The van der Waals surface area contributed by atoms with Crippen molar-refractivity contribution < 1.29 is 35.9 Å². The predicted molar refractivity (Wildman–Crippen MR) is 46.0 cm³/mol. The monoisotopic (exact) mass is 266 g/mol. The number of esters is 1. The molecular weight excluding hydrogens is 254 g/mol. The first-order chi connectivity index (χ1) is 7.37. The first-order valence-corrected chi connectivity index (χ1v) is 4.71. The summed E-state index contributed by atoms with van der Waals surface area (Å²) < 4.78 is 77.0. The number of hydrogen-bond acceptors (Lipinski definition) is 2. The summed E-state index contributed by atoms with van der Waals surface area (Å²) in [5.74, 6) is -5.65. The zero-order valence-corrected chi connectivity index (χ0v) is 9.32. The number of alkyl halides is 6. The summed E-state index contributed by atoms with van der Waals surface area (Å²) >= 11 is 0. The minimum atomic E-state index is -4.92. The van der Waals surface area contributed by atoms with Gasteiger partial charge in [-0.05, 0) is 12.8 Å². The van der Waals surface area contributed by atoms with Crippen molar-refractivity contribution in [1.29, 1.82) is 0 Å². The van der Waals surface area contributed by atoms with Crippen LogP contribution in [-0.4, -0.2) is 24.4 Å². The highest BCUT2D eigenvalue weighted by atomic mass is 19.4. The molecule has 0 rings (SSSR count). The number of ether oxygens (including phenoxy) is 1. The molecule has 0 saturated heterocycles. The second kappa shape index (κ2) is 5.14. The maximum absolute atomic E-state index is 12.4. The van der Waals surface area contributed by atoms with Crippen molar-refractivity contribution >= 4 is 5.97 Å². The molecule has 0 amide bonds. The van der Waals surface area contributed by atoms with Crippen LogP contribution < -0.4 is 0 Å². The standard InChI is InChI=1S/C9H12F6O2/c1-4(2)6(9(13,14)15)7(16)17-5(3)8(10,11)12/h4-6H,1-3H3. The first kappa shape index (κ1) is 16.1. The molecule has 0 fully saturated rings. The summed E-state index contributed by atoms with van der Waals surface area (Å²) in [6.07, 6.45) is -12.3. The van der Waals surface area contributed by atoms with Crippen LogP contribution in [0.1, 0.15) is 20.8 Å². The largest absolute Gasteiger partial charge is 0.453 e. The maximum atomic E-state index is 12.4. The van der Waals surface area contributed by atoms with Crippen molar-refractivity contribution in [2.24, 2.45) is 11.8 Å². The molecule has 0 saturated carbocycles. The number of rotatable bonds is 3. The van der Waals surface area contributed by atoms with E-state index in [1.807, 2.05) is 0 Å². The van der Waals surface area contributed by atoms with Gasteiger partial charge in [0.15, 0.2) is 12.0 Å². The van der Waals surface area contributed by atoms with Crippen LogP contribution >= 0.6 is 0 Å². The Bertz CT molecular complexity index is 268. The molecule has 0 aromatic carbocycles. The van der Waals surface area contributed by atoms with Gasteiger partial charge in [-0.2, -0.15) is 26.3 Å². The minimum absolute atomic E-state index is 0.478. The Labute approximate surface area is 93.9 Å². The highest BCUT2D eigenvalue weighted by Crippen LogP contribution is 2.34. The van der Waals surface area contributed by atoms with E-state index < -0.39 is 36.3 Å². The number of carbonyl (C=O) groups excluding carboxylic acids is 1. The fourth-order valence-corrected chi connectivity index (χ4v) is 1.10. The van der Waals surface area contributed by atoms with Gasteiger partial charge in [-0.25, -0.2) is 0 Å². The molecule has 0 bridgehead atoms. The van der Waals surface area contributed by atoms with Crippen LogP contribution in [0.5, 0.6) is 0 Å². The van der Waals surface area contributed by atoms with Crippen molar-refractivity contribution in [2.45, 2.75) is 39.2 Å². The van der Waals surface area contributed by atoms with Gasteiger partial charge in [0.25, 0.3) is 0 Å². The summed E-state index contributed by atoms with van der Waals surface area (Å²) in [6.45, 7) is 2.64. The second-order valence-electron chi connectivity index (χ2n) is 3.88. The third-order valence-electron chi connectivity index (χ3n) is 2.03. The highest BCUT2D eigenvalue weighted by molar-refractivity contribution is 5.73. The molecule has 2 atom stereocenters. The van der Waals surface area contributed by atoms with Gasteiger partial charge in [0.05, 0.1) is 0 Å². The van der Waals surface area contributed by atoms with E-state index in [1.165, 1.54) is 0 Å². The average molecular weight is 266 g/mol. The molecule has 0 aliphatic heterocycles. The van der Waals surface area contributed by atoms with Gasteiger partial charge < -0.3 is 4.74 Å². The van der Waals surface area contributed by atoms with Gasteiger partial charge in [-0.15, -0.1) is 0 Å². The Kier molecular flexibility index (Phi) is 4.85. The molecule has 17 heavy (non-hydrogen) atoms. The van der Waals surface area contributed by atoms with E-state index in [9.17, 15) is 31.1 Å². The van der Waals surface area contributed by atoms with Crippen molar-refractivity contribution in [3.8, 4) is 0 Å². The topological polar surface area (TPSA) is 26.3 Å². The summed E-state index contributed by atoms with van der Waals surface area (Å²) in [4.78, 5) is 11.0. The van der Waals surface area contributed by atoms with E-state index in [0.717, 1.165) is 13.8 Å². The molecule has 0 aromatic rings. The molecule has 2 unspecified atom stereocenters. The van der Waals surface area contributed by atoms with Gasteiger partial charge in [0, 0.05) is 0 Å². The molecule has 102 valence electrons. The lowest BCUT2D eigenvalue weighted by atomic mass is 9.95. The van der Waals surface area contributed by atoms with Crippen LogP contribution in [0, 0.1) is 11.8 Å². The Morgan fingerprint density at radius 2 is 1.35 bits per heavy atom. The Morgan fingerprint density at radius 3 is 1.59 bits per heavy atom. The molecule has 0 aliphatic carbocycles. The van der Waals surface area contributed by atoms with Crippen LogP contribution in [0.15, 0.2) is 0 Å². The number of carbonyl (C=O) groups is 1. The van der Waals surface area contributed by atoms with Gasteiger partial charge >= 0.3 is 18.3 Å². The van der Waals surface area contributed by atoms with Crippen molar-refractivity contribution in [3.63, 3.8) is 0 Å². The van der Waals surface area contributed by atoms with Crippen molar-refractivity contribution in [1.82, 2.24) is 0 Å². The normalized spacial score (nSPS) is 16.8. The van der Waals surface area contributed by atoms with Crippen LogP contribution in [0.25, 0.3) is 0 Å². The lowest BCUT2D eigenvalue weighted by molar-refractivity contribution is -0.237. The quantitative estimate of drug-likeness (QED) is 0.578. The third kappa shape index (κ3) is 4.82. The molecule has 0 aliphatic rings. The van der Waals surface area contributed by atoms with E-state index in [4.69, 9.17) is 0 Å². The van der Waals surface area contributed by atoms with Gasteiger partial charge in [-0.3, -0.25) is 4.79 Å². The van der Waals surface area contributed by atoms with Crippen molar-refractivity contribution in [2.75, 3.05) is 0 Å². The Balaban J connectivity index is 4.79. The number of hydrogen-bond donors (Lipinski definition) is 0. The molecule has 0 spiro atoms. The third-order valence-corrected chi connectivity index (χ3v) is 2.03. The average Bonchev–Trinajstić information content (AvgIpc) is 1.97. The summed E-state index contributed by atoms with van der Waals surface area (Å²) in [5, 5.41) is 0. The lowest BCUT2D eigenvalue weighted by Gasteiger charge is -2.24. The molecule has 8 heteroatoms. The lowest BCUT2D eigenvalue weighted by Crippen LogP contribution is -2.40. The minimum Gasteiger partial charge on any atom is -0.453 e. The first-order valence-electron chi connectivity index (χ1n) is 4.71. The second-order valence-corrected chi connectivity index (χ2v) is 3.88. The van der Waals surface area contributed by atoms with E-state index >= 15 is 0 Å². The molecular formula is C9H12F6O2. The van der Waals surface area contributed by atoms with Crippen molar-refractivity contribution in [3.05, 3.63) is 0 Å². The predicted octanol–water partition coefficient (Wildman–Crippen LogP) is 3.31. The Morgan fingerprint density at radius 1 is 0.941 bits per heavy atom. The van der Waals surface area contributed by atoms with E-state index in [2.05, 4.69) is 4.74 Å². The zero-order valence-electron chi connectivity index (χ0n) is 9.32. The van der Waals surface area contributed by atoms with Crippen LogP contribution in [0.3, 0.4) is 0 Å². The Hall–Kier alpha value is -0.950. The molecule has 2 nitrogen and oxygen atoms in total. The smallest absolute Gasteiger partial charge is 0.425 e. The van der Waals surface area contributed by atoms with Crippen LogP contribution in [0.4, 0.5) is 26.3 Å². The van der Waals surface area contributed by atoms with Gasteiger partial charge in [0.2, 0.25) is 0 Å². The van der Waals surface area contributed by atoms with Gasteiger partial charge in [-0.1, -0.05) is 13.8 Å². The summed E-state index contributed by atoms with van der Waals surface area (Å²) in [6, 6.07) is 0. The maximum Gasteiger partial charge on any atom is 0.425 e. The van der Waals surface area contributed by atoms with Crippen LogP contribution in [-0.2, 0) is 9.53 Å². The van der Waals surface area contributed by atoms with E-state index in [1.54, 1.807) is 0 Å². The molecule has 0 radical (unpaired) electrons.